The van der Waals surface area contributed by atoms with E-state index >= 15 is 0 Å². The second-order valence-electron chi connectivity index (χ2n) is 7.31. The van der Waals surface area contributed by atoms with Gasteiger partial charge in [-0.25, -0.2) is 14.1 Å². The highest BCUT2D eigenvalue weighted by Gasteiger charge is 2.20. The van der Waals surface area contributed by atoms with Gasteiger partial charge < -0.3 is 5.32 Å². The number of aromatic nitrogens is 3. The minimum absolute atomic E-state index is 0.000364. The third kappa shape index (κ3) is 4.20. The van der Waals surface area contributed by atoms with Crippen molar-refractivity contribution in [2.24, 2.45) is 0 Å². The number of amides is 1. The number of hydrogen-bond acceptors (Lipinski definition) is 3. The van der Waals surface area contributed by atoms with Crippen molar-refractivity contribution in [3.8, 4) is 17.1 Å². The molecule has 0 spiro atoms. The number of rotatable bonds is 4. The molecule has 7 heteroatoms. The van der Waals surface area contributed by atoms with E-state index < -0.39 is 5.91 Å². The largest absolute Gasteiger partial charge is 0.319 e. The fraction of sp³-hybridized carbons (Fsp3) is 0.125. The van der Waals surface area contributed by atoms with E-state index in [9.17, 15) is 9.18 Å². The molecule has 0 radical (unpaired) electrons. The van der Waals surface area contributed by atoms with Crippen molar-refractivity contribution >= 4 is 23.2 Å². The molecule has 4 rings (SSSR count). The molecule has 5 nitrogen and oxygen atoms in total. The molecule has 156 valence electrons. The van der Waals surface area contributed by atoms with Gasteiger partial charge in [0.25, 0.3) is 5.91 Å². The smallest absolute Gasteiger partial charge is 0.295 e. The molecular formula is C24H20ClFN4O. The quantitative estimate of drug-likeness (QED) is 0.434. The third-order valence-corrected chi connectivity index (χ3v) is 5.40. The lowest BCUT2D eigenvalue weighted by Crippen LogP contribution is -2.15. The molecule has 1 N–H and O–H groups in total. The normalized spacial score (nSPS) is 10.9. The number of hydrogen-bond donors (Lipinski definition) is 1. The standard InChI is InChI=1S/C24H20ClFN4O/c1-14-5-4-6-20(16(14)3)27-24(31)22-28-23(17-8-11-19(26)12-9-17)30(29-22)21-13-18(25)10-7-15(21)2/h4-13H,1-3H3,(H,27,31). The van der Waals surface area contributed by atoms with Gasteiger partial charge in [0, 0.05) is 16.3 Å². The summed E-state index contributed by atoms with van der Waals surface area (Å²) in [7, 11) is 0. The Morgan fingerprint density at radius 1 is 1.00 bits per heavy atom. The Morgan fingerprint density at radius 3 is 2.48 bits per heavy atom. The first-order valence-electron chi connectivity index (χ1n) is 9.70. The van der Waals surface area contributed by atoms with Crippen molar-refractivity contribution in [3.05, 3.63) is 94.0 Å². The topological polar surface area (TPSA) is 59.8 Å². The minimum atomic E-state index is -0.435. The zero-order chi connectivity index (χ0) is 22.1. The molecule has 1 heterocycles. The van der Waals surface area contributed by atoms with Crippen molar-refractivity contribution in [1.29, 1.82) is 0 Å². The van der Waals surface area contributed by atoms with Crippen LogP contribution in [0.4, 0.5) is 10.1 Å². The van der Waals surface area contributed by atoms with Gasteiger partial charge in [0.05, 0.1) is 5.69 Å². The van der Waals surface area contributed by atoms with Gasteiger partial charge >= 0.3 is 0 Å². The average molecular weight is 435 g/mol. The first-order chi connectivity index (χ1) is 14.8. The Morgan fingerprint density at radius 2 is 1.74 bits per heavy atom. The summed E-state index contributed by atoms with van der Waals surface area (Å²) < 4.78 is 15.0. The molecule has 1 amide bonds. The van der Waals surface area contributed by atoms with Crippen LogP contribution in [0.3, 0.4) is 0 Å². The van der Waals surface area contributed by atoms with Crippen LogP contribution >= 0.6 is 11.6 Å². The van der Waals surface area contributed by atoms with Gasteiger partial charge in [-0.2, -0.15) is 0 Å². The van der Waals surface area contributed by atoms with Crippen LogP contribution in [-0.4, -0.2) is 20.7 Å². The lowest BCUT2D eigenvalue weighted by atomic mass is 10.1. The van der Waals surface area contributed by atoms with Crippen LogP contribution in [0.15, 0.2) is 60.7 Å². The number of nitrogens with zero attached hydrogens (tertiary/aromatic N) is 3. The van der Waals surface area contributed by atoms with Gasteiger partial charge in [-0.15, -0.1) is 5.10 Å². The highest BCUT2D eigenvalue weighted by molar-refractivity contribution is 6.30. The van der Waals surface area contributed by atoms with Gasteiger partial charge in [0.1, 0.15) is 5.82 Å². The van der Waals surface area contributed by atoms with Crippen molar-refractivity contribution in [2.75, 3.05) is 5.32 Å². The van der Waals surface area contributed by atoms with E-state index in [1.54, 1.807) is 28.9 Å². The monoisotopic (exact) mass is 434 g/mol. The maximum Gasteiger partial charge on any atom is 0.295 e. The van der Waals surface area contributed by atoms with Gasteiger partial charge in [-0.3, -0.25) is 4.79 Å². The van der Waals surface area contributed by atoms with E-state index in [1.165, 1.54) is 12.1 Å². The number of aryl methyl sites for hydroxylation is 2. The Labute approximate surface area is 184 Å². The fourth-order valence-corrected chi connectivity index (χ4v) is 3.40. The lowest BCUT2D eigenvalue weighted by Gasteiger charge is -2.09. The number of anilines is 1. The summed E-state index contributed by atoms with van der Waals surface area (Å²) in [6.07, 6.45) is 0. The molecule has 0 aliphatic carbocycles. The van der Waals surface area contributed by atoms with Crippen LogP contribution in [0.5, 0.6) is 0 Å². The van der Waals surface area contributed by atoms with Crippen LogP contribution in [-0.2, 0) is 0 Å². The van der Waals surface area contributed by atoms with Gasteiger partial charge in [0.15, 0.2) is 5.82 Å². The minimum Gasteiger partial charge on any atom is -0.319 e. The van der Waals surface area contributed by atoms with E-state index in [-0.39, 0.29) is 11.6 Å². The molecule has 1 aromatic heterocycles. The molecule has 31 heavy (non-hydrogen) atoms. The van der Waals surface area contributed by atoms with E-state index in [0.29, 0.717) is 27.8 Å². The summed E-state index contributed by atoms with van der Waals surface area (Å²) in [6, 6.07) is 17.0. The number of halogens is 2. The maximum atomic E-state index is 13.5. The average Bonchev–Trinajstić information content (AvgIpc) is 3.19. The first-order valence-corrected chi connectivity index (χ1v) is 10.1. The van der Waals surface area contributed by atoms with Crippen LogP contribution in [0, 0.1) is 26.6 Å². The van der Waals surface area contributed by atoms with Crippen LogP contribution < -0.4 is 5.32 Å². The molecule has 0 saturated carbocycles. The lowest BCUT2D eigenvalue weighted by molar-refractivity contribution is 0.101. The van der Waals surface area contributed by atoms with Crippen molar-refractivity contribution < 1.29 is 9.18 Å². The van der Waals surface area contributed by atoms with Gasteiger partial charge in [-0.05, 0) is 79.9 Å². The van der Waals surface area contributed by atoms with Crippen molar-refractivity contribution in [2.45, 2.75) is 20.8 Å². The number of benzene rings is 3. The summed E-state index contributed by atoms with van der Waals surface area (Å²) in [5, 5.41) is 7.88. The summed E-state index contributed by atoms with van der Waals surface area (Å²) in [6.45, 7) is 5.83. The summed E-state index contributed by atoms with van der Waals surface area (Å²) in [5.74, 6) is -0.381. The highest BCUT2D eigenvalue weighted by atomic mass is 35.5. The van der Waals surface area contributed by atoms with Gasteiger partial charge in [0.2, 0.25) is 5.82 Å². The molecule has 0 aliphatic heterocycles. The summed E-state index contributed by atoms with van der Waals surface area (Å²) >= 11 is 6.20. The zero-order valence-corrected chi connectivity index (χ0v) is 18.0. The predicted octanol–water partition coefficient (Wildman–Crippen LogP) is 5.90. The second kappa shape index (κ2) is 8.32. The Hall–Kier alpha value is -3.51. The summed E-state index contributed by atoms with van der Waals surface area (Å²) in [5.41, 5.74) is 4.95. The van der Waals surface area contributed by atoms with Crippen molar-refractivity contribution in [1.82, 2.24) is 14.8 Å². The van der Waals surface area contributed by atoms with Crippen LogP contribution in [0.25, 0.3) is 17.1 Å². The second-order valence-corrected chi connectivity index (χ2v) is 7.75. The molecule has 0 fully saturated rings. The molecule has 0 atom stereocenters. The predicted molar refractivity (Wildman–Crippen MR) is 120 cm³/mol. The summed E-state index contributed by atoms with van der Waals surface area (Å²) in [4.78, 5) is 17.5. The fourth-order valence-electron chi connectivity index (χ4n) is 3.24. The van der Waals surface area contributed by atoms with E-state index in [2.05, 4.69) is 15.4 Å². The molecular weight excluding hydrogens is 415 g/mol. The SMILES string of the molecule is Cc1ccc(Cl)cc1-n1nc(C(=O)Nc2cccc(C)c2C)nc1-c1ccc(F)cc1. The van der Waals surface area contributed by atoms with E-state index in [1.807, 2.05) is 45.0 Å². The molecule has 0 saturated heterocycles. The van der Waals surface area contributed by atoms with Crippen LogP contribution in [0.1, 0.15) is 27.3 Å². The molecule has 0 bridgehead atoms. The number of nitrogens with one attached hydrogen (secondary N) is 1. The first kappa shape index (κ1) is 20.8. The van der Waals surface area contributed by atoms with Gasteiger partial charge in [-0.1, -0.05) is 29.8 Å². The molecule has 3 aromatic carbocycles. The Bertz CT molecular complexity index is 1280. The Balaban J connectivity index is 1.81. The molecule has 4 aromatic rings. The van der Waals surface area contributed by atoms with Crippen LogP contribution in [0.2, 0.25) is 5.02 Å². The molecule has 0 unspecified atom stereocenters. The van der Waals surface area contributed by atoms with Crippen molar-refractivity contribution in [3.63, 3.8) is 0 Å². The highest BCUT2D eigenvalue weighted by Crippen LogP contribution is 2.26. The van der Waals surface area contributed by atoms with E-state index in [4.69, 9.17) is 11.6 Å². The number of carbonyl (C=O) groups excluding carboxylic acids is 1. The zero-order valence-electron chi connectivity index (χ0n) is 17.3. The Kier molecular flexibility index (Phi) is 5.57. The maximum absolute atomic E-state index is 13.5. The molecule has 0 aliphatic rings. The number of carbonyl (C=O) groups is 1. The van der Waals surface area contributed by atoms with E-state index in [0.717, 1.165) is 16.7 Å². The third-order valence-electron chi connectivity index (χ3n) is 5.16.